The lowest BCUT2D eigenvalue weighted by Crippen LogP contribution is -2.16. The third kappa shape index (κ3) is 4.10. The molecule has 1 aromatic heterocycles. The van der Waals surface area contributed by atoms with Crippen molar-refractivity contribution in [2.24, 2.45) is 5.10 Å². The van der Waals surface area contributed by atoms with Crippen molar-refractivity contribution in [2.75, 3.05) is 6.61 Å². The minimum absolute atomic E-state index is 0.209. The summed E-state index contributed by atoms with van der Waals surface area (Å²) in [6, 6.07) is 8.49. The Morgan fingerprint density at radius 1 is 1.43 bits per heavy atom. The van der Waals surface area contributed by atoms with Gasteiger partial charge in [0, 0.05) is 10.6 Å². The Morgan fingerprint density at radius 3 is 2.90 bits per heavy atom. The smallest absolute Gasteiger partial charge is 0.307 e. The summed E-state index contributed by atoms with van der Waals surface area (Å²) >= 11 is 5.94. The van der Waals surface area contributed by atoms with E-state index in [9.17, 15) is 4.79 Å². The molecule has 0 radical (unpaired) electrons. The summed E-state index contributed by atoms with van der Waals surface area (Å²) in [6.45, 7) is 4.18. The molecule has 0 atom stereocenters. The largest absolute Gasteiger partial charge is 0.493 e. The number of ether oxygens (including phenoxy) is 1. The Kier molecular flexibility index (Phi) is 5.00. The number of amides is 1. The third-order valence-corrected chi connectivity index (χ3v) is 2.84. The summed E-state index contributed by atoms with van der Waals surface area (Å²) in [6.07, 6.45) is 1.48. The number of rotatable bonds is 5. The standard InChI is InChI=1S/C15H15ClN2O3/c1-3-20-13-7-5-12(16)8-11(13)9-17-18-15(19)14-6-4-10(2)21-14/h4-9H,3H2,1-2H3,(H,18,19)/b17-9-. The van der Waals surface area contributed by atoms with E-state index >= 15 is 0 Å². The molecule has 0 aliphatic rings. The summed E-state index contributed by atoms with van der Waals surface area (Å²) in [5.74, 6) is 1.10. The number of nitrogens with zero attached hydrogens (tertiary/aromatic N) is 1. The molecule has 5 nitrogen and oxygen atoms in total. The first-order chi connectivity index (χ1) is 10.1. The van der Waals surface area contributed by atoms with Gasteiger partial charge in [-0.1, -0.05) is 11.6 Å². The quantitative estimate of drug-likeness (QED) is 0.680. The van der Waals surface area contributed by atoms with E-state index in [1.807, 2.05) is 6.92 Å². The fraction of sp³-hybridized carbons (Fsp3) is 0.200. The molecule has 110 valence electrons. The van der Waals surface area contributed by atoms with Crippen molar-refractivity contribution in [3.8, 4) is 5.75 Å². The number of hydrazone groups is 1. The molecule has 2 rings (SSSR count). The van der Waals surface area contributed by atoms with Gasteiger partial charge in [0.15, 0.2) is 5.76 Å². The minimum atomic E-state index is -0.417. The third-order valence-electron chi connectivity index (χ3n) is 2.61. The molecule has 0 fully saturated rings. The molecule has 0 aliphatic carbocycles. The molecule has 0 saturated heterocycles. The van der Waals surface area contributed by atoms with Gasteiger partial charge < -0.3 is 9.15 Å². The van der Waals surface area contributed by atoms with Crippen LogP contribution in [0.2, 0.25) is 5.02 Å². The van der Waals surface area contributed by atoms with Crippen LogP contribution in [0.15, 0.2) is 39.9 Å². The van der Waals surface area contributed by atoms with Crippen LogP contribution in [0.25, 0.3) is 0 Å². The molecule has 0 unspecified atom stereocenters. The maximum absolute atomic E-state index is 11.7. The van der Waals surface area contributed by atoms with Crippen LogP contribution in [0.3, 0.4) is 0 Å². The minimum Gasteiger partial charge on any atom is -0.493 e. The number of hydrogen-bond donors (Lipinski definition) is 1. The molecule has 1 aromatic carbocycles. The fourth-order valence-electron chi connectivity index (χ4n) is 1.68. The summed E-state index contributed by atoms with van der Waals surface area (Å²) in [5, 5.41) is 4.45. The summed E-state index contributed by atoms with van der Waals surface area (Å²) in [5.41, 5.74) is 3.07. The van der Waals surface area contributed by atoms with Crippen LogP contribution in [0, 0.1) is 6.92 Å². The highest BCUT2D eigenvalue weighted by Crippen LogP contribution is 2.21. The van der Waals surface area contributed by atoms with Crippen LogP contribution in [-0.4, -0.2) is 18.7 Å². The predicted octanol–water partition coefficient (Wildman–Crippen LogP) is 3.40. The molecule has 0 spiro atoms. The highest BCUT2D eigenvalue weighted by molar-refractivity contribution is 6.30. The van der Waals surface area contributed by atoms with Crippen LogP contribution in [-0.2, 0) is 0 Å². The highest BCUT2D eigenvalue weighted by atomic mass is 35.5. The predicted molar refractivity (Wildman–Crippen MR) is 81.1 cm³/mol. The van der Waals surface area contributed by atoms with Gasteiger partial charge in [0.2, 0.25) is 0 Å². The summed E-state index contributed by atoms with van der Waals surface area (Å²) < 4.78 is 10.7. The lowest BCUT2D eigenvalue weighted by atomic mass is 10.2. The molecule has 21 heavy (non-hydrogen) atoms. The number of carbonyl (C=O) groups is 1. The lowest BCUT2D eigenvalue weighted by molar-refractivity contribution is 0.0926. The van der Waals surface area contributed by atoms with Crippen molar-refractivity contribution in [3.05, 3.63) is 52.4 Å². The number of furan rings is 1. The number of carbonyl (C=O) groups excluding carboxylic acids is 1. The van der Waals surface area contributed by atoms with Crippen molar-refractivity contribution in [1.29, 1.82) is 0 Å². The maximum Gasteiger partial charge on any atom is 0.307 e. The van der Waals surface area contributed by atoms with E-state index in [2.05, 4.69) is 10.5 Å². The van der Waals surface area contributed by atoms with Gasteiger partial charge in [0.1, 0.15) is 11.5 Å². The van der Waals surface area contributed by atoms with E-state index in [1.54, 1.807) is 37.3 Å². The van der Waals surface area contributed by atoms with Gasteiger partial charge in [-0.15, -0.1) is 0 Å². The number of benzene rings is 1. The number of halogens is 1. The molecule has 2 aromatic rings. The highest BCUT2D eigenvalue weighted by Gasteiger charge is 2.08. The average Bonchev–Trinajstić information content (AvgIpc) is 2.88. The molecule has 0 saturated carbocycles. The number of hydrogen-bond acceptors (Lipinski definition) is 4. The van der Waals surface area contributed by atoms with Crippen LogP contribution < -0.4 is 10.2 Å². The lowest BCUT2D eigenvalue weighted by Gasteiger charge is -2.06. The molecule has 0 aliphatic heterocycles. The van der Waals surface area contributed by atoms with Crippen molar-refractivity contribution < 1.29 is 13.9 Å². The van der Waals surface area contributed by atoms with Crippen LogP contribution in [0.1, 0.15) is 28.8 Å². The first-order valence-corrected chi connectivity index (χ1v) is 6.80. The first kappa shape index (κ1) is 15.1. The van der Waals surface area contributed by atoms with Crippen LogP contribution in [0.4, 0.5) is 0 Å². The topological polar surface area (TPSA) is 63.8 Å². The first-order valence-electron chi connectivity index (χ1n) is 6.42. The van der Waals surface area contributed by atoms with Gasteiger partial charge in [-0.2, -0.15) is 5.10 Å². The van der Waals surface area contributed by atoms with E-state index in [0.717, 1.165) is 0 Å². The second-order valence-corrected chi connectivity index (χ2v) is 4.66. The monoisotopic (exact) mass is 306 g/mol. The Balaban J connectivity index is 2.07. The molecule has 1 heterocycles. The van der Waals surface area contributed by atoms with E-state index in [4.69, 9.17) is 20.8 Å². The van der Waals surface area contributed by atoms with E-state index in [1.165, 1.54) is 6.21 Å². The van der Waals surface area contributed by atoms with Gasteiger partial charge in [0.25, 0.3) is 0 Å². The second-order valence-electron chi connectivity index (χ2n) is 4.22. The SMILES string of the molecule is CCOc1ccc(Cl)cc1/C=N\NC(=O)c1ccc(C)o1. The molecule has 1 N–H and O–H groups in total. The molecular weight excluding hydrogens is 292 g/mol. The summed E-state index contributed by atoms with van der Waals surface area (Å²) in [4.78, 5) is 11.7. The molecule has 1 amide bonds. The average molecular weight is 307 g/mol. The van der Waals surface area contributed by atoms with Gasteiger partial charge in [0.05, 0.1) is 12.8 Å². The zero-order valence-corrected chi connectivity index (χ0v) is 12.5. The number of aryl methyl sites for hydroxylation is 1. The Labute approximate surface area is 127 Å². The molecule has 0 bridgehead atoms. The Hall–Kier alpha value is -2.27. The van der Waals surface area contributed by atoms with E-state index < -0.39 is 5.91 Å². The molecular formula is C15H15ClN2O3. The van der Waals surface area contributed by atoms with E-state index in [-0.39, 0.29) is 5.76 Å². The van der Waals surface area contributed by atoms with Gasteiger partial charge >= 0.3 is 5.91 Å². The van der Waals surface area contributed by atoms with Gasteiger partial charge in [-0.05, 0) is 44.2 Å². The van der Waals surface area contributed by atoms with Crippen LogP contribution >= 0.6 is 11.6 Å². The van der Waals surface area contributed by atoms with E-state index in [0.29, 0.717) is 28.7 Å². The second kappa shape index (κ2) is 6.95. The van der Waals surface area contributed by atoms with Crippen LogP contribution in [0.5, 0.6) is 5.75 Å². The zero-order chi connectivity index (χ0) is 15.2. The fourth-order valence-corrected chi connectivity index (χ4v) is 1.86. The zero-order valence-electron chi connectivity index (χ0n) is 11.7. The number of nitrogens with one attached hydrogen (secondary N) is 1. The Morgan fingerprint density at radius 2 is 2.24 bits per heavy atom. The van der Waals surface area contributed by atoms with Gasteiger partial charge in [-0.25, -0.2) is 5.43 Å². The summed E-state index contributed by atoms with van der Waals surface area (Å²) in [7, 11) is 0. The van der Waals surface area contributed by atoms with Crippen molar-refractivity contribution >= 4 is 23.7 Å². The Bertz CT molecular complexity index is 665. The normalized spacial score (nSPS) is 10.8. The van der Waals surface area contributed by atoms with Gasteiger partial charge in [-0.3, -0.25) is 4.79 Å². The molecule has 6 heteroatoms. The van der Waals surface area contributed by atoms with Crippen molar-refractivity contribution in [2.45, 2.75) is 13.8 Å². The van der Waals surface area contributed by atoms with Crippen molar-refractivity contribution in [3.63, 3.8) is 0 Å². The van der Waals surface area contributed by atoms with Crippen molar-refractivity contribution in [1.82, 2.24) is 5.43 Å². The maximum atomic E-state index is 11.7.